The first kappa shape index (κ1) is 14.8. The van der Waals surface area contributed by atoms with Crippen LogP contribution in [0.3, 0.4) is 0 Å². The van der Waals surface area contributed by atoms with Crippen LogP contribution in [0.15, 0.2) is 24.3 Å². The molecule has 1 amide bonds. The highest BCUT2D eigenvalue weighted by atomic mass is 16.2. The molecule has 0 aliphatic heterocycles. The Balaban J connectivity index is 1.88. The lowest BCUT2D eigenvalue weighted by molar-refractivity contribution is -0.117. The van der Waals surface area contributed by atoms with E-state index in [1.807, 2.05) is 42.8 Å². The Labute approximate surface area is 130 Å². The molecule has 1 heterocycles. The van der Waals surface area contributed by atoms with Crippen molar-refractivity contribution in [1.82, 2.24) is 9.88 Å². The minimum atomic E-state index is -0.466. The molecule has 1 aliphatic rings. The quantitative estimate of drug-likeness (QED) is 0.699. The number of nitrogens with zero attached hydrogens (tertiary/aromatic N) is 1. The van der Waals surface area contributed by atoms with Crippen molar-refractivity contribution in [3.8, 4) is 0 Å². The predicted molar refractivity (Wildman–Crippen MR) is 87.0 cm³/mol. The summed E-state index contributed by atoms with van der Waals surface area (Å²) in [5.41, 5.74) is 2.35. The summed E-state index contributed by atoms with van der Waals surface area (Å²) in [6.07, 6.45) is 5.45. The summed E-state index contributed by atoms with van der Waals surface area (Å²) in [6, 6.07) is 7.87. The zero-order valence-corrected chi connectivity index (χ0v) is 13.2. The zero-order valence-electron chi connectivity index (χ0n) is 13.2. The van der Waals surface area contributed by atoms with Gasteiger partial charge in [0.05, 0.1) is 5.56 Å². The van der Waals surface area contributed by atoms with Gasteiger partial charge in [0.2, 0.25) is 0 Å². The lowest BCUT2D eigenvalue weighted by Gasteiger charge is -2.22. The highest BCUT2D eigenvalue weighted by molar-refractivity contribution is 6.45. The summed E-state index contributed by atoms with van der Waals surface area (Å²) >= 11 is 0. The van der Waals surface area contributed by atoms with Crippen LogP contribution in [-0.4, -0.2) is 22.3 Å². The number of hydrogen-bond donors (Lipinski definition) is 1. The molecule has 0 radical (unpaired) electrons. The predicted octanol–water partition coefficient (Wildman–Crippen LogP) is 3.12. The third kappa shape index (κ3) is 2.54. The van der Waals surface area contributed by atoms with Crippen molar-refractivity contribution in [2.75, 3.05) is 0 Å². The number of amides is 1. The Bertz CT molecular complexity index is 724. The Kier molecular flexibility index (Phi) is 4.01. The van der Waals surface area contributed by atoms with E-state index in [-0.39, 0.29) is 6.04 Å². The van der Waals surface area contributed by atoms with Gasteiger partial charge in [0, 0.05) is 29.7 Å². The molecule has 1 aliphatic carbocycles. The first-order chi connectivity index (χ1) is 10.6. The minimum absolute atomic E-state index is 0.153. The molecule has 2 aromatic rings. The van der Waals surface area contributed by atoms with Gasteiger partial charge in [0.15, 0.2) is 0 Å². The average molecular weight is 298 g/mol. The highest BCUT2D eigenvalue weighted by Gasteiger charge is 2.26. The van der Waals surface area contributed by atoms with E-state index >= 15 is 0 Å². The molecule has 0 unspecified atom stereocenters. The van der Waals surface area contributed by atoms with Crippen molar-refractivity contribution in [2.24, 2.45) is 7.05 Å². The molecule has 4 nitrogen and oxygen atoms in total. The van der Waals surface area contributed by atoms with Gasteiger partial charge in [-0.1, -0.05) is 37.5 Å². The fraction of sp³-hybridized carbons (Fsp3) is 0.444. The average Bonchev–Trinajstić information content (AvgIpc) is 2.79. The fourth-order valence-electron chi connectivity index (χ4n) is 3.42. The molecule has 1 aromatic heterocycles. The van der Waals surface area contributed by atoms with Gasteiger partial charge in [-0.3, -0.25) is 9.59 Å². The summed E-state index contributed by atoms with van der Waals surface area (Å²) in [5.74, 6) is -0.883. The van der Waals surface area contributed by atoms with E-state index in [1.54, 1.807) is 0 Å². The van der Waals surface area contributed by atoms with Gasteiger partial charge in [0.25, 0.3) is 11.7 Å². The maximum Gasteiger partial charge on any atom is 0.292 e. The van der Waals surface area contributed by atoms with Crippen molar-refractivity contribution in [2.45, 2.75) is 45.1 Å². The van der Waals surface area contributed by atoms with Crippen molar-refractivity contribution >= 4 is 22.6 Å². The topological polar surface area (TPSA) is 51.1 Å². The summed E-state index contributed by atoms with van der Waals surface area (Å²) in [5, 5.41) is 3.77. The molecule has 22 heavy (non-hydrogen) atoms. The van der Waals surface area contributed by atoms with Gasteiger partial charge >= 0.3 is 0 Å². The van der Waals surface area contributed by atoms with Gasteiger partial charge in [0.1, 0.15) is 0 Å². The van der Waals surface area contributed by atoms with E-state index < -0.39 is 11.7 Å². The molecule has 1 N–H and O–H groups in total. The minimum Gasteiger partial charge on any atom is -0.347 e. The number of hydrogen-bond acceptors (Lipinski definition) is 2. The van der Waals surface area contributed by atoms with Gasteiger partial charge in [-0.05, 0) is 25.8 Å². The first-order valence-electron chi connectivity index (χ1n) is 7.99. The second kappa shape index (κ2) is 5.95. The normalized spacial score (nSPS) is 15.9. The number of carbonyl (C=O) groups excluding carboxylic acids is 2. The third-order valence-corrected chi connectivity index (χ3v) is 4.77. The number of Topliss-reactive ketones (excluding diaryl/α,β-unsaturated/α-hetero) is 1. The maximum absolute atomic E-state index is 12.6. The van der Waals surface area contributed by atoms with Crippen LogP contribution in [0.5, 0.6) is 0 Å². The number of carbonyl (C=O) groups is 2. The van der Waals surface area contributed by atoms with Gasteiger partial charge < -0.3 is 9.88 Å². The van der Waals surface area contributed by atoms with E-state index in [0.29, 0.717) is 5.56 Å². The summed E-state index contributed by atoms with van der Waals surface area (Å²) < 4.78 is 1.97. The molecule has 1 saturated carbocycles. The van der Waals surface area contributed by atoms with Gasteiger partial charge in [-0.15, -0.1) is 0 Å². The summed E-state index contributed by atoms with van der Waals surface area (Å²) in [7, 11) is 1.92. The fourth-order valence-corrected chi connectivity index (χ4v) is 3.42. The van der Waals surface area contributed by atoms with Crippen molar-refractivity contribution in [1.29, 1.82) is 0 Å². The number of ketones is 1. The van der Waals surface area contributed by atoms with Gasteiger partial charge in [-0.25, -0.2) is 0 Å². The Morgan fingerprint density at radius 1 is 1.14 bits per heavy atom. The molecule has 0 saturated heterocycles. The van der Waals surface area contributed by atoms with Crippen LogP contribution in [0.2, 0.25) is 0 Å². The number of nitrogens with one attached hydrogen (secondary N) is 1. The van der Waals surface area contributed by atoms with Crippen LogP contribution < -0.4 is 5.32 Å². The molecule has 116 valence electrons. The van der Waals surface area contributed by atoms with Gasteiger partial charge in [-0.2, -0.15) is 0 Å². The molecule has 3 rings (SSSR count). The van der Waals surface area contributed by atoms with Crippen LogP contribution >= 0.6 is 0 Å². The number of rotatable bonds is 3. The SMILES string of the molecule is Cc1c(C(=O)C(=O)NC2CCCCC2)c2ccccc2n1C. The van der Waals surface area contributed by atoms with Crippen molar-refractivity contribution in [3.05, 3.63) is 35.5 Å². The van der Waals surface area contributed by atoms with Crippen LogP contribution in [0.25, 0.3) is 10.9 Å². The van der Waals surface area contributed by atoms with Crippen molar-refractivity contribution < 1.29 is 9.59 Å². The third-order valence-electron chi connectivity index (χ3n) is 4.77. The highest BCUT2D eigenvalue weighted by Crippen LogP contribution is 2.25. The number of aromatic nitrogens is 1. The van der Waals surface area contributed by atoms with E-state index in [4.69, 9.17) is 0 Å². The molecule has 4 heteroatoms. The molecule has 0 atom stereocenters. The number of para-hydroxylation sites is 1. The number of fused-ring (bicyclic) bond motifs is 1. The maximum atomic E-state index is 12.6. The second-order valence-electron chi connectivity index (χ2n) is 6.17. The number of benzene rings is 1. The zero-order chi connectivity index (χ0) is 15.7. The van der Waals surface area contributed by atoms with Crippen LogP contribution in [0.1, 0.15) is 48.2 Å². The van der Waals surface area contributed by atoms with E-state index in [2.05, 4.69) is 5.32 Å². The van der Waals surface area contributed by atoms with E-state index in [0.717, 1.165) is 42.3 Å². The smallest absolute Gasteiger partial charge is 0.292 e. The lowest BCUT2D eigenvalue weighted by atomic mass is 9.95. The Morgan fingerprint density at radius 3 is 2.55 bits per heavy atom. The van der Waals surface area contributed by atoms with Crippen LogP contribution in [0, 0.1) is 6.92 Å². The van der Waals surface area contributed by atoms with Crippen LogP contribution in [-0.2, 0) is 11.8 Å². The van der Waals surface area contributed by atoms with Crippen LogP contribution in [0.4, 0.5) is 0 Å². The summed E-state index contributed by atoms with van der Waals surface area (Å²) in [4.78, 5) is 25.0. The Morgan fingerprint density at radius 2 is 1.82 bits per heavy atom. The molecule has 1 aromatic carbocycles. The Hall–Kier alpha value is -2.10. The lowest BCUT2D eigenvalue weighted by Crippen LogP contribution is -2.40. The van der Waals surface area contributed by atoms with E-state index in [9.17, 15) is 9.59 Å². The first-order valence-corrected chi connectivity index (χ1v) is 7.99. The number of aryl methyl sites for hydroxylation is 1. The molecule has 0 bridgehead atoms. The second-order valence-corrected chi connectivity index (χ2v) is 6.17. The molecule has 0 spiro atoms. The molecule has 1 fully saturated rings. The largest absolute Gasteiger partial charge is 0.347 e. The summed E-state index contributed by atoms with van der Waals surface area (Å²) in [6.45, 7) is 1.89. The van der Waals surface area contributed by atoms with Crippen molar-refractivity contribution in [3.63, 3.8) is 0 Å². The standard InChI is InChI=1S/C18H22N2O2/c1-12-16(14-10-6-7-11-15(14)20(12)2)17(21)18(22)19-13-8-4-3-5-9-13/h6-7,10-11,13H,3-5,8-9H2,1-2H3,(H,19,22). The monoisotopic (exact) mass is 298 g/mol. The van der Waals surface area contributed by atoms with E-state index in [1.165, 1.54) is 6.42 Å². The molecular formula is C18H22N2O2. The molecular weight excluding hydrogens is 276 g/mol.